The van der Waals surface area contributed by atoms with Crippen molar-refractivity contribution in [3.05, 3.63) is 52.5 Å². The number of fused-ring (bicyclic) bond motifs is 1. The molecule has 0 aromatic heterocycles. The second-order valence-electron chi connectivity index (χ2n) is 7.73. The van der Waals surface area contributed by atoms with Crippen LogP contribution in [0, 0.1) is 5.92 Å². The van der Waals surface area contributed by atoms with E-state index in [9.17, 15) is 18.0 Å². The van der Waals surface area contributed by atoms with Gasteiger partial charge in [-0.05, 0) is 55.2 Å². The molecule has 2 aromatic rings. The third kappa shape index (κ3) is 4.52. The van der Waals surface area contributed by atoms with Crippen molar-refractivity contribution in [1.82, 2.24) is 15.2 Å². The van der Waals surface area contributed by atoms with E-state index in [-0.39, 0.29) is 33.8 Å². The van der Waals surface area contributed by atoms with Crippen molar-refractivity contribution < 1.29 is 27.5 Å². The smallest absolute Gasteiger partial charge is 0.269 e. The Kier molecular flexibility index (Phi) is 6.27. The molecular formula is C21H22ClN3O6S. The highest BCUT2D eigenvalue weighted by Crippen LogP contribution is 2.32. The first-order chi connectivity index (χ1) is 15.3. The number of carbonyl (C=O) groups excluding carboxylic acids is 2. The van der Waals surface area contributed by atoms with Crippen LogP contribution in [0.5, 0.6) is 11.5 Å². The molecule has 0 aliphatic carbocycles. The Morgan fingerprint density at radius 2 is 1.69 bits per heavy atom. The Hall–Kier alpha value is -2.82. The molecule has 0 saturated carbocycles. The van der Waals surface area contributed by atoms with Gasteiger partial charge in [-0.2, -0.15) is 4.31 Å². The number of halogens is 1. The Labute approximate surface area is 190 Å². The lowest BCUT2D eigenvalue weighted by atomic mass is 10.0. The average Bonchev–Trinajstić information content (AvgIpc) is 3.25. The number of rotatable bonds is 4. The van der Waals surface area contributed by atoms with Gasteiger partial charge < -0.3 is 9.47 Å². The Bertz CT molecular complexity index is 1170. The van der Waals surface area contributed by atoms with Gasteiger partial charge in [0.1, 0.15) is 4.90 Å². The van der Waals surface area contributed by atoms with Crippen molar-refractivity contribution in [1.29, 1.82) is 0 Å². The highest BCUT2D eigenvalue weighted by Gasteiger charge is 2.31. The molecule has 170 valence electrons. The van der Waals surface area contributed by atoms with Crippen LogP contribution in [0.3, 0.4) is 0 Å². The zero-order chi connectivity index (χ0) is 22.9. The second-order valence-corrected chi connectivity index (χ2v) is 10.0. The van der Waals surface area contributed by atoms with E-state index in [4.69, 9.17) is 21.1 Å². The zero-order valence-electron chi connectivity index (χ0n) is 17.3. The summed E-state index contributed by atoms with van der Waals surface area (Å²) in [7, 11) is -3.85. The summed E-state index contributed by atoms with van der Waals surface area (Å²) in [5, 5.41) is 0.0316. The molecule has 1 fully saturated rings. The minimum atomic E-state index is -3.85. The minimum Gasteiger partial charge on any atom is -0.454 e. The molecule has 0 spiro atoms. The highest BCUT2D eigenvalue weighted by molar-refractivity contribution is 7.89. The van der Waals surface area contributed by atoms with E-state index >= 15 is 0 Å². The standard InChI is InChI=1S/C21H22ClN3O6S/c1-13-3-2-8-25(11-13)32(28,29)19-10-15(4-6-16(19)22)21(27)24-23-20(26)14-5-7-17-18(9-14)31-12-30-17/h4-7,9-10,13H,2-3,8,11-12H2,1H3,(H,23,26)(H,24,27). The molecule has 9 nitrogen and oxygen atoms in total. The first-order valence-corrected chi connectivity index (χ1v) is 11.9. The van der Waals surface area contributed by atoms with Crippen molar-refractivity contribution in [2.24, 2.45) is 5.92 Å². The van der Waals surface area contributed by atoms with Gasteiger partial charge in [0, 0.05) is 24.2 Å². The summed E-state index contributed by atoms with van der Waals surface area (Å²) < 4.78 is 38.0. The monoisotopic (exact) mass is 479 g/mol. The molecule has 0 radical (unpaired) electrons. The zero-order valence-corrected chi connectivity index (χ0v) is 18.8. The normalized spacial score (nSPS) is 18.2. The molecule has 1 unspecified atom stereocenters. The molecule has 32 heavy (non-hydrogen) atoms. The van der Waals surface area contributed by atoms with E-state index in [1.54, 1.807) is 6.07 Å². The number of amides is 2. The summed E-state index contributed by atoms with van der Waals surface area (Å²) in [5.41, 5.74) is 4.89. The van der Waals surface area contributed by atoms with Crippen molar-refractivity contribution in [2.75, 3.05) is 19.9 Å². The predicted molar refractivity (Wildman–Crippen MR) is 116 cm³/mol. The maximum absolute atomic E-state index is 13.1. The fraction of sp³-hybridized carbons (Fsp3) is 0.333. The van der Waals surface area contributed by atoms with Crippen LogP contribution in [0.2, 0.25) is 5.02 Å². The number of hydrogen-bond acceptors (Lipinski definition) is 6. The van der Waals surface area contributed by atoms with Gasteiger partial charge in [0.05, 0.1) is 5.02 Å². The van der Waals surface area contributed by atoms with E-state index in [0.29, 0.717) is 24.6 Å². The van der Waals surface area contributed by atoms with E-state index in [0.717, 1.165) is 12.8 Å². The number of nitrogens with zero attached hydrogens (tertiary/aromatic N) is 1. The third-order valence-corrected chi connectivity index (χ3v) is 7.70. The van der Waals surface area contributed by atoms with Crippen LogP contribution in [0.15, 0.2) is 41.3 Å². The molecular weight excluding hydrogens is 458 g/mol. The molecule has 0 bridgehead atoms. The van der Waals surface area contributed by atoms with Crippen LogP contribution in [0.4, 0.5) is 0 Å². The molecule has 4 rings (SSSR count). The molecule has 2 aliphatic heterocycles. The Balaban J connectivity index is 1.47. The summed E-state index contributed by atoms with van der Waals surface area (Å²) in [6, 6.07) is 8.59. The summed E-state index contributed by atoms with van der Waals surface area (Å²) in [6.07, 6.45) is 1.73. The van der Waals surface area contributed by atoms with Gasteiger partial charge in [0.25, 0.3) is 11.8 Å². The van der Waals surface area contributed by atoms with Crippen molar-refractivity contribution in [3.63, 3.8) is 0 Å². The van der Waals surface area contributed by atoms with Crippen LogP contribution in [0.25, 0.3) is 0 Å². The SMILES string of the molecule is CC1CCCN(S(=O)(=O)c2cc(C(=O)NNC(=O)c3ccc4c(c3)OCO4)ccc2Cl)C1. The number of sulfonamides is 1. The van der Waals surface area contributed by atoms with Gasteiger partial charge in [-0.3, -0.25) is 20.4 Å². The Morgan fingerprint density at radius 3 is 2.41 bits per heavy atom. The number of piperidine rings is 1. The van der Waals surface area contributed by atoms with Crippen molar-refractivity contribution >= 4 is 33.4 Å². The maximum atomic E-state index is 13.1. The fourth-order valence-electron chi connectivity index (χ4n) is 3.64. The van der Waals surface area contributed by atoms with Gasteiger partial charge in [0.2, 0.25) is 16.8 Å². The molecule has 11 heteroatoms. The fourth-order valence-corrected chi connectivity index (χ4v) is 5.74. The van der Waals surface area contributed by atoms with Gasteiger partial charge >= 0.3 is 0 Å². The number of hydrogen-bond donors (Lipinski definition) is 2. The van der Waals surface area contributed by atoms with E-state index < -0.39 is 21.8 Å². The third-order valence-electron chi connectivity index (χ3n) is 5.36. The topological polar surface area (TPSA) is 114 Å². The van der Waals surface area contributed by atoms with Crippen molar-refractivity contribution in [2.45, 2.75) is 24.7 Å². The average molecular weight is 480 g/mol. The highest BCUT2D eigenvalue weighted by atomic mass is 35.5. The van der Waals surface area contributed by atoms with Crippen LogP contribution >= 0.6 is 11.6 Å². The largest absolute Gasteiger partial charge is 0.454 e. The van der Waals surface area contributed by atoms with E-state index in [1.807, 2.05) is 6.92 Å². The van der Waals surface area contributed by atoms with E-state index in [2.05, 4.69) is 10.9 Å². The first-order valence-electron chi connectivity index (χ1n) is 10.1. The lowest BCUT2D eigenvalue weighted by molar-refractivity contribution is 0.0846. The van der Waals surface area contributed by atoms with Crippen LogP contribution in [0.1, 0.15) is 40.5 Å². The molecule has 2 aromatic carbocycles. The summed E-state index contributed by atoms with van der Waals surface area (Å²) in [4.78, 5) is 24.8. The molecule has 2 amide bonds. The summed E-state index contributed by atoms with van der Waals surface area (Å²) >= 11 is 6.17. The number of ether oxygens (including phenoxy) is 2. The van der Waals surface area contributed by atoms with Crippen molar-refractivity contribution in [3.8, 4) is 11.5 Å². The number of benzene rings is 2. The predicted octanol–water partition coefficient (Wildman–Crippen LogP) is 2.56. The second kappa shape index (κ2) is 8.97. The lowest BCUT2D eigenvalue weighted by Gasteiger charge is -2.30. The quantitative estimate of drug-likeness (QED) is 0.651. The number of carbonyl (C=O) groups is 2. The van der Waals surface area contributed by atoms with Crippen LogP contribution in [-0.4, -0.2) is 44.4 Å². The minimum absolute atomic E-state index is 0.0316. The molecule has 1 atom stereocenters. The van der Waals surface area contributed by atoms with Gasteiger partial charge in [-0.1, -0.05) is 18.5 Å². The number of hydrazine groups is 1. The van der Waals surface area contributed by atoms with Crippen LogP contribution < -0.4 is 20.3 Å². The molecule has 2 aliphatic rings. The lowest BCUT2D eigenvalue weighted by Crippen LogP contribution is -2.42. The number of nitrogens with one attached hydrogen (secondary N) is 2. The van der Waals surface area contributed by atoms with Gasteiger partial charge in [-0.25, -0.2) is 8.42 Å². The van der Waals surface area contributed by atoms with Gasteiger partial charge in [-0.15, -0.1) is 0 Å². The van der Waals surface area contributed by atoms with Gasteiger partial charge in [0.15, 0.2) is 11.5 Å². The molecule has 1 saturated heterocycles. The summed E-state index contributed by atoms with van der Waals surface area (Å²) in [6.45, 7) is 2.89. The van der Waals surface area contributed by atoms with E-state index in [1.165, 1.54) is 34.6 Å². The maximum Gasteiger partial charge on any atom is 0.269 e. The molecule has 2 heterocycles. The van der Waals surface area contributed by atoms with Crippen LogP contribution in [-0.2, 0) is 10.0 Å². The first kappa shape index (κ1) is 22.4. The summed E-state index contributed by atoms with van der Waals surface area (Å²) in [5.74, 6) is -0.0395. The Morgan fingerprint density at radius 1 is 1.03 bits per heavy atom. The molecule has 2 N–H and O–H groups in total.